The third-order valence-electron chi connectivity index (χ3n) is 2.69. The zero-order valence-corrected chi connectivity index (χ0v) is 10.0. The standard InChI is InChI=1S/C11H15NO2S/c1-11(2)6-12-5-7-4-8(10(13)14-3)15-9(7)11/h4,12H,5-6H2,1-3H3. The molecule has 1 aromatic heterocycles. The monoisotopic (exact) mass is 225 g/mol. The predicted octanol–water partition coefficient (Wildman–Crippen LogP) is 1.92. The van der Waals surface area contributed by atoms with E-state index in [0.29, 0.717) is 4.88 Å². The molecule has 0 spiro atoms. The van der Waals surface area contributed by atoms with Crippen LogP contribution >= 0.6 is 11.3 Å². The van der Waals surface area contributed by atoms with E-state index in [1.54, 1.807) is 11.3 Å². The lowest BCUT2D eigenvalue weighted by atomic mass is 9.86. The van der Waals surface area contributed by atoms with Crippen LogP contribution in [0.25, 0.3) is 0 Å². The molecule has 0 amide bonds. The van der Waals surface area contributed by atoms with E-state index in [2.05, 4.69) is 19.2 Å². The molecule has 0 radical (unpaired) electrons. The number of esters is 1. The van der Waals surface area contributed by atoms with Crippen LogP contribution < -0.4 is 5.32 Å². The highest BCUT2D eigenvalue weighted by Crippen LogP contribution is 2.36. The molecule has 0 saturated heterocycles. The van der Waals surface area contributed by atoms with Crippen LogP contribution in [-0.4, -0.2) is 19.6 Å². The Bertz CT molecular complexity index is 395. The number of hydrogen-bond acceptors (Lipinski definition) is 4. The van der Waals surface area contributed by atoms with Gasteiger partial charge in [-0.05, 0) is 11.6 Å². The summed E-state index contributed by atoms with van der Waals surface area (Å²) in [4.78, 5) is 13.4. The van der Waals surface area contributed by atoms with Crippen LogP contribution in [0.1, 0.15) is 34.0 Å². The molecule has 1 N–H and O–H groups in total. The molecule has 0 fully saturated rings. The van der Waals surface area contributed by atoms with Gasteiger partial charge in [-0.15, -0.1) is 11.3 Å². The molecule has 0 aromatic carbocycles. The highest BCUT2D eigenvalue weighted by Gasteiger charge is 2.30. The maximum atomic E-state index is 11.4. The van der Waals surface area contributed by atoms with E-state index in [9.17, 15) is 4.79 Å². The number of ether oxygens (including phenoxy) is 1. The Morgan fingerprint density at radius 1 is 1.60 bits per heavy atom. The van der Waals surface area contributed by atoms with Gasteiger partial charge in [-0.1, -0.05) is 13.8 Å². The molecule has 0 atom stereocenters. The van der Waals surface area contributed by atoms with Crippen molar-refractivity contribution in [1.82, 2.24) is 5.32 Å². The molecular formula is C11H15NO2S. The van der Waals surface area contributed by atoms with Gasteiger partial charge in [0.05, 0.1) is 7.11 Å². The lowest BCUT2D eigenvalue weighted by Crippen LogP contribution is -2.37. The quantitative estimate of drug-likeness (QED) is 0.742. The normalized spacial score (nSPS) is 18.3. The second-order valence-corrected chi connectivity index (χ2v) is 5.50. The van der Waals surface area contributed by atoms with Gasteiger partial charge in [-0.2, -0.15) is 0 Å². The van der Waals surface area contributed by atoms with Crippen molar-refractivity contribution in [2.75, 3.05) is 13.7 Å². The Morgan fingerprint density at radius 2 is 2.33 bits per heavy atom. The molecule has 2 rings (SSSR count). The molecule has 4 heteroatoms. The summed E-state index contributed by atoms with van der Waals surface area (Å²) in [6.45, 7) is 6.19. The maximum Gasteiger partial charge on any atom is 0.348 e. The lowest BCUT2D eigenvalue weighted by Gasteiger charge is -2.30. The van der Waals surface area contributed by atoms with Crippen LogP contribution in [0.2, 0.25) is 0 Å². The lowest BCUT2D eigenvalue weighted by molar-refractivity contribution is 0.0606. The van der Waals surface area contributed by atoms with Crippen molar-refractivity contribution in [2.24, 2.45) is 0 Å². The molecule has 1 aliphatic heterocycles. The fourth-order valence-electron chi connectivity index (χ4n) is 1.92. The second-order valence-electron chi connectivity index (χ2n) is 4.44. The zero-order chi connectivity index (χ0) is 11.1. The van der Waals surface area contributed by atoms with Crippen LogP contribution in [0.5, 0.6) is 0 Å². The first-order chi connectivity index (χ1) is 7.04. The van der Waals surface area contributed by atoms with Gasteiger partial charge in [0.2, 0.25) is 0 Å². The average molecular weight is 225 g/mol. The van der Waals surface area contributed by atoms with E-state index in [1.165, 1.54) is 17.6 Å². The summed E-state index contributed by atoms with van der Waals surface area (Å²) in [6, 6.07) is 1.94. The molecule has 15 heavy (non-hydrogen) atoms. The number of methoxy groups -OCH3 is 1. The Labute approximate surface area is 93.4 Å². The molecule has 1 aromatic rings. The maximum absolute atomic E-state index is 11.4. The molecule has 1 aliphatic rings. The second kappa shape index (κ2) is 3.61. The molecule has 82 valence electrons. The average Bonchev–Trinajstić information content (AvgIpc) is 2.61. The van der Waals surface area contributed by atoms with E-state index in [-0.39, 0.29) is 11.4 Å². The van der Waals surface area contributed by atoms with E-state index >= 15 is 0 Å². The topological polar surface area (TPSA) is 38.3 Å². The van der Waals surface area contributed by atoms with Crippen molar-refractivity contribution in [3.63, 3.8) is 0 Å². The highest BCUT2D eigenvalue weighted by atomic mass is 32.1. The first kappa shape index (κ1) is 10.6. The summed E-state index contributed by atoms with van der Waals surface area (Å²) in [5.74, 6) is -0.231. The largest absolute Gasteiger partial charge is 0.465 e. The van der Waals surface area contributed by atoms with Gasteiger partial charge in [-0.3, -0.25) is 0 Å². The Hall–Kier alpha value is -0.870. The van der Waals surface area contributed by atoms with Crippen molar-refractivity contribution in [1.29, 1.82) is 0 Å². The number of rotatable bonds is 1. The van der Waals surface area contributed by atoms with Gasteiger partial charge in [0.15, 0.2) is 0 Å². The summed E-state index contributed by atoms with van der Waals surface area (Å²) in [7, 11) is 1.42. The fraction of sp³-hybridized carbons (Fsp3) is 0.545. The summed E-state index contributed by atoms with van der Waals surface area (Å²) in [6.07, 6.45) is 0. The number of fused-ring (bicyclic) bond motifs is 1. The molecule has 0 saturated carbocycles. The molecule has 0 unspecified atom stereocenters. The summed E-state index contributed by atoms with van der Waals surface area (Å²) in [5, 5.41) is 3.36. The Balaban J connectivity index is 2.42. The molecule has 2 heterocycles. The number of nitrogens with one attached hydrogen (secondary N) is 1. The van der Waals surface area contributed by atoms with Crippen molar-refractivity contribution < 1.29 is 9.53 Å². The van der Waals surface area contributed by atoms with E-state index in [1.807, 2.05) is 6.07 Å². The molecule has 0 bridgehead atoms. The molecule has 0 aliphatic carbocycles. The van der Waals surface area contributed by atoms with Crippen LogP contribution in [0.4, 0.5) is 0 Å². The summed E-state index contributed by atoms with van der Waals surface area (Å²) >= 11 is 1.56. The van der Waals surface area contributed by atoms with Gasteiger partial charge in [0.25, 0.3) is 0 Å². The molecular weight excluding hydrogens is 210 g/mol. The Morgan fingerprint density at radius 3 is 2.93 bits per heavy atom. The fourth-order valence-corrected chi connectivity index (χ4v) is 3.12. The van der Waals surface area contributed by atoms with Gasteiger partial charge < -0.3 is 10.1 Å². The van der Waals surface area contributed by atoms with Crippen molar-refractivity contribution in [3.05, 3.63) is 21.4 Å². The number of carbonyl (C=O) groups is 1. The first-order valence-electron chi connectivity index (χ1n) is 4.97. The minimum Gasteiger partial charge on any atom is -0.465 e. The van der Waals surface area contributed by atoms with Gasteiger partial charge in [0, 0.05) is 23.4 Å². The smallest absolute Gasteiger partial charge is 0.348 e. The van der Waals surface area contributed by atoms with Crippen LogP contribution in [0.3, 0.4) is 0 Å². The van der Waals surface area contributed by atoms with Gasteiger partial charge in [0.1, 0.15) is 4.88 Å². The van der Waals surface area contributed by atoms with E-state index in [4.69, 9.17) is 4.74 Å². The van der Waals surface area contributed by atoms with Crippen LogP contribution in [0.15, 0.2) is 6.07 Å². The first-order valence-corrected chi connectivity index (χ1v) is 5.78. The summed E-state index contributed by atoms with van der Waals surface area (Å²) < 4.78 is 4.73. The number of carbonyl (C=O) groups excluding carboxylic acids is 1. The van der Waals surface area contributed by atoms with Crippen molar-refractivity contribution in [3.8, 4) is 0 Å². The Kier molecular flexibility index (Phi) is 2.56. The van der Waals surface area contributed by atoms with Crippen LogP contribution in [-0.2, 0) is 16.7 Å². The highest BCUT2D eigenvalue weighted by molar-refractivity contribution is 7.14. The zero-order valence-electron chi connectivity index (χ0n) is 9.22. The van der Waals surface area contributed by atoms with E-state index < -0.39 is 0 Å². The number of thiophene rings is 1. The summed E-state index contributed by atoms with van der Waals surface area (Å²) in [5.41, 5.74) is 1.35. The third kappa shape index (κ3) is 1.79. The molecule has 3 nitrogen and oxygen atoms in total. The third-order valence-corrected chi connectivity index (χ3v) is 4.22. The predicted molar refractivity (Wildman–Crippen MR) is 60.4 cm³/mol. The SMILES string of the molecule is COC(=O)c1cc2c(s1)C(C)(C)CNC2. The minimum absolute atomic E-state index is 0.116. The van der Waals surface area contributed by atoms with Crippen LogP contribution in [0, 0.1) is 0 Å². The van der Waals surface area contributed by atoms with Gasteiger partial charge in [-0.25, -0.2) is 4.79 Å². The van der Waals surface area contributed by atoms with Crippen molar-refractivity contribution >= 4 is 17.3 Å². The minimum atomic E-state index is -0.231. The van der Waals surface area contributed by atoms with Gasteiger partial charge >= 0.3 is 5.97 Å². The number of hydrogen-bond donors (Lipinski definition) is 1. The van der Waals surface area contributed by atoms with E-state index in [0.717, 1.165) is 13.1 Å². The van der Waals surface area contributed by atoms with Crippen molar-refractivity contribution in [2.45, 2.75) is 25.8 Å².